The van der Waals surface area contributed by atoms with Gasteiger partial charge in [-0.2, -0.15) is 0 Å². The molecule has 1 heterocycles. The number of nitrogens with one attached hydrogen (secondary N) is 1. The fraction of sp³-hybridized carbons (Fsp3) is 0.875. The second kappa shape index (κ2) is 7.78. The van der Waals surface area contributed by atoms with Gasteiger partial charge in [0.05, 0.1) is 12.7 Å². The second-order valence-corrected chi connectivity index (χ2v) is 6.46. The summed E-state index contributed by atoms with van der Waals surface area (Å²) < 4.78 is 5.44. The van der Waals surface area contributed by atoms with E-state index in [1.807, 2.05) is 6.92 Å². The van der Waals surface area contributed by atoms with Gasteiger partial charge in [0.25, 0.3) is 0 Å². The standard InChI is InChI=1S/C16H28N2O3/c1-12-11-18(8-9-21-12)16(20)13(2)17-15(19)10-14-6-4-3-5-7-14/h12-14H,3-11H2,1-2H3,(H,17,19)/t12-,13-/m0/s1. The first kappa shape index (κ1) is 16.3. The summed E-state index contributed by atoms with van der Waals surface area (Å²) in [7, 11) is 0. The molecule has 2 aliphatic rings. The topological polar surface area (TPSA) is 58.6 Å². The molecule has 5 nitrogen and oxygen atoms in total. The van der Waals surface area contributed by atoms with Crippen LogP contribution in [0, 0.1) is 5.92 Å². The van der Waals surface area contributed by atoms with Gasteiger partial charge in [-0.25, -0.2) is 0 Å². The zero-order valence-corrected chi connectivity index (χ0v) is 13.3. The Kier molecular flexibility index (Phi) is 6.03. The van der Waals surface area contributed by atoms with E-state index in [1.165, 1.54) is 19.3 Å². The van der Waals surface area contributed by atoms with Crippen LogP contribution in [0.4, 0.5) is 0 Å². The molecular formula is C16H28N2O3. The fourth-order valence-electron chi connectivity index (χ4n) is 3.31. The van der Waals surface area contributed by atoms with Crippen molar-refractivity contribution < 1.29 is 14.3 Å². The molecule has 0 spiro atoms. The van der Waals surface area contributed by atoms with Crippen LogP contribution >= 0.6 is 0 Å². The highest BCUT2D eigenvalue weighted by atomic mass is 16.5. The molecule has 21 heavy (non-hydrogen) atoms. The zero-order valence-electron chi connectivity index (χ0n) is 13.3. The van der Waals surface area contributed by atoms with Gasteiger partial charge < -0.3 is 15.0 Å². The van der Waals surface area contributed by atoms with Gasteiger partial charge in [0.15, 0.2) is 0 Å². The Morgan fingerprint density at radius 3 is 2.67 bits per heavy atom. The number of morpholine rings is 1. The van der Waals surface area contributed by atoms with Gasteiger partial charge in [-0.05, 0) is 32.6 Å². The molecule has 5 heteroatoms. The third-order valence-electron chi connectivity index (χ3n) is 4.50. The maximum atomic E-state index is 12.3. The van der Waals surface area contributed by atoms with Gasteiger partial charge in [0.2, 0.25) is 11.8 Å². The zero-order chi connectivity index (χ0) is 15.2. The van der Waals surface area contributed by atoms with E-state index in [4.69, 9.17) is 4.74 Å². The predicted octanol–water partition coefficient (Wildman–Crippen LogP) is 1.71. The van der Waals surface area contributed by atoms with Gasteiger partial charge in [-0.1, -0.05) is 19.3 Å². The van der Waals surface area contributed by atoms with Crippen molar-refractivity contribution in [2.75, 3.05) is 19.7 Å². The lowest BCUT2D eigenvalue weighted by molar-refractivity contribution is -0.142. The summed E-state index contributed by atoms with van der Waals surface area (Å²) in [5, 5.41) is 2.87. The van der Waals surface area contributed by atoms with Crippen molar-refractivity contribution >= 4 is 11.8 Å². The number of rotatable bonds is 4. The molecule has 1 aliphatic carbocycles. The third-order valence-corrected chi connectivity index (χ3v) is 4.50. The second-order valence-electron chi connectivity index (χ2n) is 6.46. The van der Waals surface area contributed by atoms with Gasteiger partial charge >= 0.3 is 0 Å². The minimum atomic E-state index is -0.439. The summed E-state index contributed by atoms with van der Waals surface area (Å²) >= 11 is 0. The van der Waals surface area contributed by atoms with Gasteiger partial charge in [-0.3, -0.25) is 9.59 Å². The molecule has 1 saturated heterocycles. The molecule has 1 aliphatic heterocycles. The molecule has 2 amide bonds. The molecule has 0 aromatic heterocycles. The monoisotopic (exact) mass is 296 g/mol. The van der Waals surface area contributed by atoms with Crippen LogP contribution in [0.3, 0.4) is 0 Å². The first-order valence-electron chi connectivity index (χ1n) is 8.26. The van der Waals surface area contributed by atoms with Crippen molar-refractivity contribution in [2.45, 2.75) is 64.5 Å². The Bertz CT molecular complexity index is 367. The van der Waals surface area contributed by atoms with E-state index in [9.17, 15) is 9.59 Å². The Morgan fingerprint density at radius 2 is 2.00 bits per heavy atom. The summed E-state index contributed by atoms with van der Waals surface area (Å²) in [6.07, 6.45) is 6.70. The van der Waals surface area contributed by atoms with Crippen molar-refractivity contribution in [1.82, 2.24) is 10.2 Å². The minimum absolute atomic E-state index is 0.00199. The van der Waals surface area contributed by atoms with Gasteiger partial charge in [-0.15, -0.1) is 0 Å². The summed E-state index contributed by atoms with van der Waals surface area (Å²) in [4.78, 5) is 26.2. The molecular weight excluding hydrogens is 268 g/mol. The van der Waals surface area contributed by atoms with E-state index in [2.05, 4.69) is 5.32 Å². The molecule has 2 atom stereocenters. The van der Waals surface area contributed by atoms with Crippen LogP contribution < -0.4 is 5.32 Å². The van der Waals surface area contributed by atoms with E-state index in [0.717, 1.165) is 12.8 Å². The Labute approximate surface area is 127 Å². The molecule has 0 unspecified atom stereocenters. The number of carbonyl (C=O) groups excluding carboxylic acids is 2. The van der Waals surface area contributed by atoms with E-state index in [-0.39, 0.29) is 17.9 Å². The van der Waals surface area contributed by atoms with Crippen LogP contribution in [0.25, 0.3) is 0 Å². The van der Waals surface area contributed by atoms with Crippen molar-refractivity contribution in [3.8, 4) is 0 Å². The summed E-state index contributed by atoms with van der Waals surface area (Å²) in [5.41, 5.74) is 0. The average molecular weight is 296 g/mol. The van der Waals surface area contributed by atoms with E-state index >= 15 is 0 Å². The lowest BCUT2D eigenvalue weighted by Gasteiger charge is -2.33. The van der Waals surface area contributed by atoms with Crippen molar-refractivity contribution in [3.05, 3.63) is 0 Å². The van der Waals surface area contributed by atoms with Crippen LogP contribution in [0.2, 0.25) is 0 Å². The van der Waals surface area contributed by atoms with Gasteiger partial charge in [0, 0.05) is 19.5 Å². The molecule has 120 valence electrons. The van der Waals surface area contributed by atoms with Crippen LogP contribution in [-0.4, -0.2) is 48.6 Å². The highest BCUT2D eigenvalue weighted by molar-refractivity contribution is 5.87. The van der Waals surface area contributed by atoms with Crippen LogP contribution in [0.1, 0.15) is 52.4 Å². The molecule has 1 saturated carbocycles. The van der Waals surface area contributed by atoms with E-state index < -0.39 is 6.04 Å². The smallest absolute Gasteiger partial charge is 0.245 e. The fourth-order valence-corrected chi connectivity index (χ4v) is 3.31. The van der Waals surface area contributed by atoms with Crippen LogP contribution in [0.15, 0.2) is 0 Å². The number of carbonyl (C=O) groups is 2. The normalized spacial score (nSPS) is 25.4. The highest BCUT2D eigenvalue weighted by Gasteiger charge is 2.27. The van der Waals surface area contributed by atoms with E-state index in [0.29, 0.717) is 32.0 Å². The van der Waals surface area contributed by atoms with Crippen molar-refractivity contribution in [1.29, 1.82) is 0 Å². The van der Waals surface area contributed by atoms with Crippen LogP contribution in [-0.2, 0) is 14.3 Å². The predicted molar refractivity (Wildman–Crippen MR) is 80.8 cm³/mol. The number of amides is 2. The number of hydrogen-bond acceptors (Lipinski definition) is 3. The largest absolute Gasteiger partial charge is 0.375 e. The average Bonchev–Trinajstić information content (AvgIpc) is 2.47. The maximum absolute atomic E-state index is 12.3. The van der Waals surface area contributed by atoms with Gasteiger partial charge in [0.1, 0.15) is 6.04 Å². The quantitative estimate of drug-likeness (QED) is 0.859. The summed E-state index contributed by atoms with van der Waals surface area (Å²) in [6, 6.07) is -0.439. The van der Waals surface area contributed by atoms with Crippen LogP contribution in [0.5, 0.6) is 0 Å². The molecule has 2 fully saturated rings. The minimum Gasteiger partial charge on any atom is -0.375 e. The summed E-state index contributed by atoms with van der Waals surface area (Å²) in [6.45, 7) is 5.55. The molecule has 0 aromatic rings. The molecule has 2 rings (SSSR count). The Hall–Kier alpha value is -1.10. The first-order valence-corrected chi connectivity index (χ1v) is 8.26. The van der Waals surface area contributed by atoms with Crippen molar-refractivity contribution in [2.24, 2.45) is 5.92 Å². The summed E-state index contributed by atoms with van der Waals surface area (Å²) in [5.74, 6) is 0.524. The maximum Gasteiger partial charge on any atom is 0.245 e. The van der Waals surface area contributed by atoms with Crippen molar-refractivity contribution in [3.63, 3.8) is 0 Å². The molecule has 1 N–H and O–H groups in total. The SMILES string of the molecule is C[C@H](NC(=O)CC1CCCCC1)C(=O)N1CCO[C@@H](C)C1. The lowest BCUT2D eigenvalue weighted by Crippen LogP contribution is -2.52. The number of hydrogen-bond donors (Lipinski definition) is 1. The molecule has 0 aromatic carbocycles. The third kappa shape index (κ3) is 4.99. The Balaban J connectivity index is 1.75. The Morgan fingerprint density at radius 1 is 1.29 bits per heavy atom. The lowest BCUT2D eigenvalue weighted by atomic mass is 9.87. The molecule has 0 radical (unpaired) electrons. The van der Waals surface area contributed by atoms with E-state index in [1.54, 1.807) is 11.8 Å². The number of nitrogens with zero attached hydrogens (tertiary/aromatic N) is 1. The first-order chi connectivity index (χ1) is 10.1. The highest BCUT2D eigenvalue weighted by Crippen LogP contribution is 2.26. The molecule has 0 bridgehead atoms. The number of ether oxygens (including phenoxy) is 1.